The van der Waals surface area contributed by atoms with Crippen LogP contribution in [-0.2, 0) is 19.1 Å². The second-order valence-electron chi connectivity index (χ2n) is 4.32. The first-order valence-electron chi connectivity index (χ1n) is 6.30. The van der Waals surface area contributed by atoms with Crippen LogP contribution in [0.3, 0.4) is 0 Å². The van der Waals surface area contributed by atoms with Crippen molar-refractivity contribution >= 4 is 11.9 Å². The Balaban J connectivity index is 2.67. The topological polar surface area (TPSA) is 67.9 Å². The number of carbonyl (C=O) groups is 2. The number of nitrogens with one attached hydrogen (secondary N) is 1. The molecule has 1 rings (SSSR count). The van der Waals surface area contributed by atoms with Gasteiger partial charge in [0.15, 0.2) is 0 Å². The standard InChI is InChI=1S/C12H22N2O4/c1-4-5-13-11(15)10-8-18-7-6-14(10)9(2)12(16)17-3/h9-10H,4-8H2,1-3H3,(H,13,15). The minimum absolute atomic E-state index is 0.0905. The molecule has 0 aliphatic carbocycles. The first kappa shape index (κ1) is 14.9. The highest BCUT2D eigenvalue weighted by Gasteiger charge is 2.35. The molecule has 2 unspecified atom stereocenters. The number of methoxy groups -OCH3 is 1. The first-order chi connectivity index (χ1) is 8.61. The molecule has 0 saturated carbocycles. The molecule has 18 heavy (non-hydrogen) atoms. The van der Waals surface area contributed by atoms with Gasteiger partial charge in [-0.3, -0.25) is 14.5 Å². The van der Waals surface area contributed by atoms with Gasteiger partial charge >= 0.3 is 5.97 Å². The zero-order valence-electron chi connectivity index (χ0n) is 11.3. The molecule has 2 atom stereocenters. The van der Waals surface area contributed by atoms with Gasteiger partial charge in [0.25, 0.3) is 0 Å². The number of esters is 1. The third kappa shape index (κ3) is 3.68. The third-order valence-electron chi connectivity index (χ3n) is 3.06. The Morgan fingerprint density at radius 3 is 2.89 bits per heavy atom. The molecule has 1 fully saturated rings. The maximum absolute atomic E-state index is 12.0. The normalized spacial score (nSPS) is 22.3. The lowest BCUT2D eigenvalue weighted by Gasteiger charge is -2.37. The van der Waals surface area contributed by atoms with Crippen molar-refractivity contribution in [2.45, 2.75) is 32.4 Å². The lowest BCUT2D eigenvalue weighted by Crippen LogP contribution is -2.58. The van der Waals surface area contributed by atoms with Gasteiger partial charge in [0.05, 0.1) is 20.3 Å². The van der Waals surface area contributed by atoms with Crippen LogP contribution in [0.15, 0.2) is 0 Å². The van der Waals surface area contributed by atoms with Gasteiger partial charge in [-0.15, -0.1) is 0 Å². The van der Waals surface area contributed by atoms with Gasteiger partial charge in [0, 0.05) is 13.1 Å². The quantitative estimate of drug-likeness (QED) is 0.690. The first-order valence-corrected chi connectivity index (χ1v) is 6.30. The average molecular weight is 258 g/mol. The van der Waals surface area contributed by atoms with Gasteiger partial charge in [0.2, 0.25) is 5.91 Å². The maximum atomic E-state index is 12.0. The summed E-state index contributed by atoms with van der Waals surface area (Å²) in [5.74, 6) is -0.419. The Labute approximate surface area is 108 Å². The average Bonchev–Trinajstić information content (AvgIpc) is 2.43. The fourth-order valence-electron chi connectivity index (χ4n) is 1.98. The molecule has 1 heterocycles. The third-order valence-corrected chi connectivity index (χ3v) is 3.06. The van der Waals surface area contributed by atoms with Crippen LogP contribution >= 0.6 is 0 Å². The van der Waals surface area contributed by atoms with Crippen molar-refractivity contribution in [3.8, 4) is 0 Å². The summed E-state index contributed by atoms with van der Waals surface area (Å²) in [6.45, 7) is 5.77. The number of hydrogen-bond acceptors (Lipinski definition) is 5. The zero-order chi connectivity index (χ0) is 13.5. The number of nitrogens with zero attached hydrogens (tertiary/aromatic N) is 1. The summed E-state index contributed by atoms with van der Waals surface area (Å²) in [5, 5.41) is 2.83. The van der Waals surface area contributed by atoms with Crippen LogP contribution in [-0.4, -0.2) is 62.3 Å². The van der Waals surface area contributed by atoms with Crippen LogP contribution in [0.1, 0.15) is 20.3 Å². The van der Waals surface area contributed by atoms with Crippen LogP contribution in [0.25, 0.3) is 0 Å². The molecule has 0 aromatic heterocycles. The summed E-state index contributed by atoms with van der Waals surface area (Å²) in [7, 11) is 1.35. The van der Waals surface area contributed by atoms with E-state index in [2.05, 4.69) is 5.32 Å². The molecule has 0 aromatic carbocycles. The smallest absolute Gasteiger partial charge is 0.322 e. The minimum Gasteiger partial charge on any atom is -0.468 e. The van der Waals surface area contributed by atoms with Crippen LogP contribution in [0.2, 0.25) is 0 Å². The summed E-state index contributed by atoms with van der Waals surface area (Å²) < 4.78 is 10.0. The maximum Gasteiger partial charge on any atom is 0.322 e. The Kier molecular flexibility index (Phi) is 6.07. The second kappa shape index (κ2) is 7.33. The number of morpholine rings is 1. The number of ether oxygens (including phenoxy) is 2. The van der Waals surface area contributed by atoms with Crippen molar-refractivity contribution < 1.29 is 19.1 Å². The summed E-state index contributed by atoms with van der Waals surface area (Å²) >= 11 is 0. The number of hydrogen-bond donors (Lipinski definition) is 1. The van der Waals surface area contributed by atoms with E-state index in [-0.39, 0.29) is 11.9 Å². The highest BCUT2D eigenvalue weighted by molar-refractivity contribution is 5.83. The molecule has 1 amide bonds. The Morgan fingerprint density at radius 1 is 1.56 bits per heavy atom. The molecule has 0 bridgehead atoms. The SMILES string of the molecule is CCCNC(=O)C1COCCN1C(C)C(=O)OC. The van der Waals surface area contributed by atoms with E-state index < -0.39 is 12.1 Å². The van der Waals surface area contributed by atoms with Gasteiger partial charge in [-0.25, -0.2) is 0 Å². The molecule has 0 spiro atoms. The zero-order valence-corrected chi connectivity index (χ0v) is 11.3. The summed E-state index contributed by atoms with van der Waals surface area (Å²) in [4.78, 5) is 25.4. The molecule has 1 aliphatic rings. The summed E-state index contributed by atoms with van der Waals surface area (Å²) in [5.41, 5.74) is 0. The molecule has 0 radical (unpaired) electrons. The number of carbonyl (C=O) groups excluding carboxylic acids is 2. The van der Waals surface area contributed by atoms with Crippen molar-refractivity contribution in [3.05, 3.63) is 0 Å². The van der Waals surface area contributed by atoms with Gasteiger partial charge < -0.3 is 14.8 Å². The predicted molar refractivity (Wildman–Crippen MR) is 66.1 cm³/mol. The molecule has 1 N–H and O–H groups in total. The number of amides is 1. The van der Waals surface area contributed by atoms with Gasteiger partial charge in [-0.2, -0.15) is 0 Å². The molecule has 0 aromatic rings. The van der Waals surface area contributed by atoms with E-state index in [0.717, 1.165) is 6.42 Å². The van der Waals surface area contributed by atoms with Crippen molar-refractivity contribution in [3.63, 3.8) is 0 Å². The summed E-state index contributed by atoms with van der Waals surface area (Å²) in [6, 6.07) is -0.851. The van der Waals surface area contributed by atoms with Crippen molar-refractivity contribution in [1.29, 1.82) is 0 Å². The minimum atomic E-state index is -0.434. The van der Waals surface area contributed by atoms with Gasteiger partial charge in [-0.05, 0) is 13.3 Å². The molecule has 1 aliphatic heterocycles. The van der Waals surface area contributed by atoms with E-state index in [1.165, 1.54) is 7.11 Å². The van der Waals surface area contributed by atoms with Crippen molar-refractivity contribution in [2.24, 2.45) is 0 Å². The lowest BCUT2D eigenvalue weighted by atomic mass is 10.1. The Hall–Kier alpha value is -1.14. The fourth-order valence-corrected chi connectivity index (χ4v) is 1.98. The predicted octanol–water partition coefficient (Wildman–Crippen LogP) is -0.225. The molecular formula is C12H22N2O4. The van der Waals surface area contributed by atoms with Crippen molar-refractivity contribution in [1.82, 2.24) is 10.2 Å². The molecule has 1 saturated heterocycles. The monoisotopic (exact) mass is 258 g/mol. The van der Waals surface area contributed by atoms with Crippen LogP contribution in [0, 0.1) is 0 Å². The van der Waals surface area contributed by atoms with Gasteiger partial charge in [0.1, 0.15) is 12.1 Å². The van der Waals surface area contributed by atoms with E-state index in [9.17, 15) is 9.59 Å². The van der Waals surface area contributed by atoms with Crippen LogP contribution in [0.4, 0.5) is 0 Å². The van der Waals surface area contributed by atoms with Gasteiger partial charge in [-0.1, -0.05) is 6.92 Å². The Bertz CT molecular complexity index is 296. The Morgan fingerprint density at radius 2 is 2.28 bits per heavy atom. The molecule has 104 valence electrons. The fraction of sp³-hybridized carbons (Fsp3) is 0.833. The molecule has 6 nitrogen and oxygen atoms in total. The van der Waals surface area contributed by atoms with E-state index in [4.69, 9.17) is 9.47 Å². The van der Waals surface area contributed by atoms with E-state index in [1.807, 2.05) is 11.8 Å². The van der Waals surface area contributed by atoms with E-state index in [0.29, 0.717) is 26.3 Å². The molecule has 6 heteroatoms. The van der Waals surface area contributed by atoms with Crippen LogP contribution in [0.5, 0.6) is 0 Å². The van der Waals surface area contributed by atoms with Crippen LogP contribution < -0.4 is 5.32 Å². The largest absolute Gasteiger partial charge is 0.468 e. The highest BCUT2D eigenvalue weighted by atomic mass is 16.5. The van der Waals surface area contributed by atoms with Crippen molar-refractivity contribution in [2.75, 3.05) is 33.4 Å². The van der Waals surface area contributed by atoms with E-state index in [1.54, 1.807) is 6.92 Å². The highest BCUT2D eigenvalue weighted by Crippen LogP contribution is 2.12. The van der Waals surface area contributed by atoms with E-state index >= 15 is 0 Å². The molecular weight excluding hydrogens is 236 g/mol. The number of rotatable bonds is 5. The summed E-state index contributed by atoms with van der Waals surface area (Å²) in [6.07, 6.45) is 0.881. The lowest BCUT2D eigenvalue weighted by molar-refractivity contribution is -0.152. The second-order valence-corrected chi connectivity index (χ2v) is 4.32.